The number of nitrogens with zero attached hydrogens (tertiary/aromatic N) is 5. The van der Waals surface area contributed by atoms with Gasteiger partial charge in [-0.25, -0.2) is 24.3 Å². The first-order chi connectivity index (χ1) is 12.6. The Morgan fingerprint density at radius 2 is 1.96 bits per heavy atom. The number of aliphatic hydroxyl groups is 1. The number of amides is 1. The van der Waals surface area contributed by atoms with Gasteiger partial charge < -0.3 is 15.3 Å². The number of hydrogen-bond donors (Lipinski definition) is 2. The van der Waals surface area contributed by atoms with Gasteiger partial charge in [0.05, 0.1) is 30.3 Å². The Morgan fingerprint density at radius 3 is 2.58 bits per heavy atom. The van der Waals surface area contributed by atoms with Crippen molar-refractivity contribution in [3.63, 3.8) is 0 Å². The maximum Gasteiger partial charge on any atom is 0.257 e. The second kappa shape index (κ2) is 6.56. The van der Waals surface area contributed by atoms with Crippen molar-refractivity contribution in [2.24, 2.45) is 0 Å². The van der Waals surface area contributed by atoms with Crippen molar-refractivity contribution in [2.75, 3.05) is 18.5 Å². The lowest BCUT2D eigenvalue weighted by Crippen LogP contribution is -2.38. The standard InChI is InChI=1S/C17H19FN6O2/c18-13-3-14(9-25)24(8-13)15(26)11-4-21-16(22-5-11)23-17(1-2-17)12-6-19-10-20-7-12/h4-7,10,13-14,25H,1-3,8-9H2,(H,21,22,23)/t13-,14+/m0/s1. The third kappa shape index (κ3) is 3.10. The number of anilines is 1. The zero-order valence-corrected chi connectivity index (χ0v) is 14.0. The highest BCUT2D eigenvalue weighted by atomic mass is 19.1. The molecule has 0 spiro atoms. The third-order valence-electron chi connectivity index (χ3n) is 4.95. The predicted molar refractivity (Wildman–Crippen MR) is 90.0 cm³/mol. The minimum atomic E-state index is -1.11. The SMILES string of the molecule is O=C(c1cnc(NC2(c3cncnc3)CC2)nc1)N1C[C@@H](F)C[C@@H]1CO. The van der Waals surface area contributed by atoms with Crippen LogP contribution in [0.15, 0.2) is 31.1 Å². The quantitative estimate of drug-likeness (QED) is 0.819. The number of carbonyl (C=O) groups excluding carboxylic acids is 1. The topological polar surface area (TPSA) is 104 Å². The fraction of sp³-hybridized carbons (Fsp3) is 0.471. The molecule has 2 N–H and O–H groups in total. The Labute approximate surface area is 149 Å². The average Bonchev–Trinajstić information content (AvgIpc) is 3.36. The van der Waals surface area contributed by atoms with Crippen LogP contribution in [0.3, 0.4) is 0 Å². The Morgan fingerprint density at radius 1 is 1.27 bits per heavy atom. The summed E-state index contributed by atoms with van der Waals surface area (Å²) in [6.45, 7) is -0.268. The highest BCUT2D eigenvalue weighted by Gasteiger charge is 2.45. The summed E-state index contributed by atoms with van der Waals surface area (Å²) < 4.78 is 13.5. The number of likely N-dealkylation sites (tertiary alicyclic amines) is 1. The summed E-state index contributed by atoms with van der Waals surface area (Å²) in [5, 5.41) is 12.6. The van der Waals surface area contributed by atoms with E-state index in [9.17, 15) is 14.3 Å². The van der Waals surface area contributed by atoms with Gasteiger partial charge in [0.1, 0.15) is 12.5 Å². The molecule has 0 unspecified atom stereocenters. The van der Waals surface area contributed by atoms with Crippen LogP contribution in [0.1, 0.15) is 35.2 Å². The molecule has 4 rings (SSSR count). The van der Waals surface area contributed by atoms with Gasteiger partial charge in [0.15, 0.2) is 0 Å². The van der Waals surface area contributed by atoms with E-state index in [-0.39, 0.29) is 36.6 Å². The van der Waals surface area contributed by atoms with Crippen molar-refractivity contribution >= 4 is 11.9 Å². The lowest BCUT2D eigenvalue weighted by Gasteiger charge is -2.22. The second-order valence-corrected chi connectivity index (χ2v) is 6.76. The molecule has 0 aromatic carbocycles. The molecule has 136 valence electrons. The van der Waals surface area contributed by atoms with Crippen LogP contribution in [-0.2, 0) is 5.54 Å². The van der Waals surface area contributed by atoms with Crippen LogP contribution in [0.25, 0.3) is 0 Å². The Hall–Kier alpha value is -2.68. The molecule has 1 aliphatic heterocycles. The summed E-state index contributed by atoms with van der Waals surface area (Å²) in [7, 11) is 0. The molecule has 2 aromatic rings. The van der Waals surface area contributed by atoms with Gasteiger partial charge in [0.25, 0.3) is 5.91 Å². The fourth-order valence-electron chi connectivity index (χ4n) is 3.32. The van der Waals surface area contributed by atoms with Crippen molar-refractivity contribution in [1.29, 1.82) is 0 Å². The lowest BCUT2D eigenvalue weighted by molar-refractivity contribution is 0.0672. The lowest BCUT2D eigenvalue weighted by atomic mass is 10.1. The van der Waals surface area contributed by atoms with E-state index in [1.54, 1.807) is 12.4 Å². The van der Waals surface area contributed by atoms with Crippen molar-refractivity contribution < 1.29 is 14.3 Å². The predicted octanol–water partition coefficient (Wildman–Crippen LogP) is 0.913. The number of carbonyl (C=O) groups is 1. The summed E-state index contributed by atoms with van der Waals surface area (Å²) in [6.07, 6.45) is 8.76. The molecule has 0 radical (unpaired) electrons. The molecule has 8 nitrogen and oxygen atoms in total. The molecule has 2 aliphatic rings. The maximum atomic E-state index is 13.5. The highest BCUT2D eigenvalue weighted by molar-refractivity contribution is 5.94. The molecule has 1 saturated heterocycles. The largest absolute Gasteiger partial charge is 0.394 e. The van der Waals surface area contributed by atoms with Gasteiger partial charge in [-0.05, 0) is 12.8 Å². The molecule has 26 heavy (non-hydrogen) atoms. The first-order valence-corrected chi connectivity index (χ1v) is 8.53. The molecular weight excluding hydrogens is 339 g/mol. The van der Waals surface area contributed by atoms with Crippen molar-refractivity contribution in [2.45, 2.75) is 37.0 Å². The van der Waals surface area contributed by atoms with Gasteiger partial charge >= 0.3 is 0 Å². The van der Waals surface area contributed by atoms with Gasteiger partial charge in [-0.1, -0.05) is 0 Å². The number of halogens is 1. The Balaban J connectivity index is 1.47. The van der Waals surface area contributed by atoms with Crippen LogP contribution in [0.5, 0.6) is 0 Å². The summed E-state index contributed by atoms with van der Waals surface area (Å²) in [4.78, 5) is 30.4. The maximum absolute atomic E-state index is 13.5. The van der Waals surface area contributed by atoms with Gasteiger partial charge in [-0.15, -0.1) is 0 Å². The number of nitrogens with one attached hydrogen (secondary N) is 1. The van der Waals surface area contributed by atoms with E-state index < -0.39 is 12.2 Å². The molecule has 1 aliphatic carbocycles. The Kier molecular flexibility index (Phi) is 4.23. The van der Waals surface area contributed by atoms with E-state index in [1.165, 1.54) is 23.6 Å². The zero-order chi connectivity index (χ0) is 18.1. The molecule has 2 fully saturated rings. The normalized spacial score (nSPS) is 23.7. The summed E-state index contributed by atoms with van der Waals surface area (Å²) >= 11 is 0. The van der Waals surface area contributed by atoms with E-state index in [1.807, 2.05) is 0 Å². The molecule has 1 saturated carbocycles. The van der Waals surface area contributed by atoms with E-state index in [0.717, 1.165) is 18.4 Å². The first kappa shape index (κ1) is 16.8. The minimum Gasteiger partial charge on any atom is -0.394 e. The van der Waals surface area contributed by atoms with E-state index in [2.05, 4.69) is 25.3 Å². The monoisotopic (exact) mass is 358 g/mol. The number of alkyl halides is 1. The summed E-state index contributed by atoms with van der Waals surface area (Å²) in [5.74, 6) is 0.0414. The third-order valence-corrected chi connectivity index (χ3v) is 4.95. The molecule has 2 aromatic heterocycles. The zero-order valence-electron chi connectivity index (χ0n) is 14.0. The van der Waals surface area contributed by atoms with Gasteiger partial charge in [0.2, 0.25) is 5.95 Å². The van der Waals surface area contributed by atoms with Crippen LogP contribution in [-0.4, -0.2) is 61.2 Å². The minimum absolute atomic E-state index is 0.0127. The van der Waals surface area contributed by atoms with Crippen LogP contribution in [0.2, 0.25) is 0 Å². The fourth-order valence-corrected chi connectivity index (χ4v) is 3.32. The molecule has 3 heterocycles. The van der Waals surface area contributed by atoms with Crippen LogP contribution < -0.4 is 5.32 Å². The van der Waals surface area contributed by atoms with Crippen molar-refractivity contribution in [3.05, 3.63) is 42.2 Å². The Bertz CT molecular complexity index is 784. The van der Waals surface area contributed by atoms with Gasteiger partial charge in [-0.2, -0.15) is 0 Å². The average molecular weight is 358 g/mol. The van der Waals surface area contributed by atoms with E-state index in [0.29, 0.717) is 5.95 Å². The first-order valence-electron chi connectivity index (χ1n) is 8.53. The van der Waals surface area contributed by atoms with Crippen LogP contribution in [0.4, 0.5) is 10.3 Å². The smallest absolute Gasteiger partial charge is 0.257 e. The van der Waals surface area contributed by atoms with Crippen molar-refractivity contribution in [3.8, 4) is 0 Å². The number of hydrogen-bond acceptors (Lipinski definition) is 7. The molecule has 9 heteroatoms. The number of aliphatic hydroxyl groups excluding tert-OH is 1. The highest BCUT2D eigenvalue weighted by Crippen LogP contribution is 2.47. The molecular formula is C17H19FN6O2. The van der Waals surface area contributed by atoms with E-state index in [4.69, 9.17) is 0 Å². The van der Waals surface area contributed by atoms with E-state index >= 15 is 0 Å². The molecule has 2 atom stereocenters. The van der Waals surface area contributed by atoms with Crippen LogP contribution in [0, 0.1) is 0 Å². The number of rotatable bonds is 5. The summed E-state index contributed by atoms with van der Waals surface area (Å²) in [5.41, 5.74) is 0.988. The molecule has 0 bridgehead atoms. The second-order valence-electron chi connectivity index (χ2n) is 6.76. The van der Waals surface area contributed by atoms with Crippen LogP contribution >= 0.6 is 0 Å². The molecule has 1 amide bonds. The van der Waals surface area contributed by atoms with Gasteiger partial charge in [0, 0.05) is 36.8 Å². The van der Waals surface area contributed by atoms with Crippen molar-refractivity contribution in [1.82, 2.24) is 24.8 Å². The van der Waals surface area contributed by atoms with Gasteiger partial charge in [-0.3, -0.25) is 4.79 Å². The number of aromatic nitrogens is 4. The summed E-state index contributed by atoms with van der Waals surface area (Å²) in [6, 6.07) is -0.497.